The van der Waals surface area contributed by atoms with Gasteiger partial charge in [0, 0.05) is 28.3 Å². The van der Waals surface area contributed by atoms with E-state index in [9.17, 15) is 0 Å². The van der Waals surface area contributed by atoms with Gasteiger partial charge in [-0.15, -0.1) is 0 Å². The fraction of sp³-hybridized carbons (Fsp3) is 0.286. The maximum atomic E-state index is 8.05. The van der Waals surface area contributed by atoms with E-state index in [1.54, 1.807) is 12.4 Å². The van der Waals surface area contributed by atoms with Crippen LogP contribution in [-0.2, 0) is 6.42 Å². The Kier molecular flexibility index (Phi) is 3.57. The third-order valence-electron chi connectivity index (χ3n) is 1.40. The lowest BCUT2D eigenvalue weighted by molar-refractivity contribution is 0.946. The summed E-state index contributed by atoms with van der Waals surface area (Å²) in [5.74, 6) is 0. The van der Waals surface area contributed by atoms with E-state index < -0.39 is 0 Å². The average Bonchev–Trinajstić information content (AvgIpc) is 2.09. The predicted octanol–water partition coefficient (Wildman–Crippen LogP) is 2.70. The number of rotatable bonds is 3. The quantitative estimate of drug-likeness (QED) is 0.444. The summed E-state index contributed by atoms with van der Waals surface area (Å²) in [6.45, 7) is 0.485. The number of nitrogens with zero attached hydrogens (tertiary/aromatic N) is 4. The van der Waals surface area contributed by atoms with Crippen molar-refractivity contribution >= 4 is 15.9 Å². The molecule has 1 aromatic rings. The van der Waals surface area contributed by atoms with Crippen molar-refractivity contribution in [2.24, 2.45) is 5.11 Å². The first-order valence-electron chi connectivity index (χ1n) is 3.44. The Morgan fingerprint density at radius 2 is 2.50 bits per heavy atom. The summed E-state index contributed by atoms with van der Waals surface area (Å²) in [6.07, 6.45) is 4.19. The zero-order valence-corrected chi connectivity index (χ0v) is 7.90. The smallest absolute Gasteiger partial charge is 0.0412 e. The van der Waals surface area contributed by atoms with Gasteiger partial charge >= 0.3 is 0 Å². The van der Waals surface area contributed by atoms with Crippen LogP contribution >= 0.6 is 15.9 Å². The van der Waals surface area contributed by atoms with Crippen LogP contribution in [0.5, 0.6) is 0 Å². The number of hydrogen-bond donors (Lipinski definition) is 0. The molecule has 0 amide bonds. The molecule has 1 rings (SSSR count). The fourth-order valence-corrected chi connectivity index (χ4v) is 1.27. The molecule has 0 N–H and O–H groups in total. The first-order valence-corrected chi connectivity index (χ1v) is 4.23. The predicted molar refractivity (Wildman–Crippen MR) is 49.7 cm³/mol. The molecular weight excluding hydrogens is 220 g/mol. The summed E-state index contributed by atoms with van der Waals surface area (Å²) < 4.78 is 0.957. The van der Waals surface area contributed by atoms with Gasteiger partial charge in [-0.1, -0.05) is 5.11 Å². The van der Waals surface area contributed by atoms with Crippen molar-refractivity contribution in [3.05, 3.63) is 38.9 Å². The van der Waals surface area contributed by atoms with Crippen LogP contribution in [0.25, 0.3) is 10.4 Å². The van der Waals surface area contributed by atoms with Gasteiger partial charge in [0.05, 0.1) is 0 Å². The molecule has 0 aliphatic rings. The third-order valence-corrected chi connectivity index (χ3v) is 2.11. The van der Waals surface area contributed by atoms with Crippen LogP contribution in [0.3, 0.4) is 0 Å². The van der Waals surface area contributed by atoms with E-state index in [0.29, 0.717) is 6.54 Å². The lowest BCUT2D eigenvalue weighted by atomic mass is 10.2. The highest BCUT2D eigenvalue weighted by Gasteiger charge is 1.96. The molecular formula is C7H7BrN4. The molecule has 0 aliphatic carbocycles. The molecule has 0 aromatic carbocycles. The molecule has 1 heterocycles. The first kappa shape index (κ1) is 9.03. The van der Waals surface area contributed by atoms with Crippen molar-refractivity contribution in [3.63, 3.8) is 0 Å². The van der Waals surface area contributed by atoms with Gasteiger partial charge in [0.15, 0.2) is 0 Å². The molecule has 0 unspecified atom stereocenters. The molecule has 5 heteroatoms. The van der Waals surface area contributed by atoms with Crippen LogP contribution < -0.4 is 0 Å². The summed E-state index contributed by atoms with van der Waals surface area (Å²) in [7, 11) is 0. The Bertz CT molecular complexity index is 306. The zero-order valence-electron chi connectivity index (χ0n) is 6.31. The van der Waals surface area contributed by atoms with Gasteiger partial charge in [-0.2, -0.15) is 0 Å². The molecule has 0 saturated heterocycles. The molecule has 0 radical (unpaired) electrons. The molecule has 0 saturated carbocycles. The van der Waals surface area contributed by atoms with Crippen molar-refractivity contribution in [1.82, 2.24) is 4.98 Å². The van der Waals surface area contributed by atoms with Crippen molar-refractivity contribution in [1.29, 1.82) is 0 Å². The molecule has 0 aliphatic heterocycles. The minimum atomic E-state index is 0.485. The van der Waals surface area contributed by atoms with E-state index in [-0.39, 0.29) is 0 Å². The van der Waals surface area contributed by atoms with Crippen LogP contribution in [0.2, 0.25) is 0 Å². The maximum absolute atomic E-state index is 8.05. The van der Waals surface area contributed by atoms with Crippen molar-refractivity contribution in [3.8, 4) is 0 Å². The largest absolute Gasteiger partial charge is 0.264 e. The van der Waals surface area contributed by atoms with E-state index in [2.05, 4.69) is 30.9 Å². The second-order valence-corrected chi connectivity index (χ2v) is 3.03. The lowest BCUT2D eigenvalue weighted by Gasteiger charge is -1.98. The Morgan fingerprint density at radius 3 is 3.17 bits per heavy atom. The van der Waals surface area contributed by atoms with Gasteiger partial charge in [0.2, 0.25) is 0 Å². The fourth-order valence-electron chi connectivity index (χ4n) is 0.822. The van der Waals surface area contributed by atoms with Gasteiger partial charge in [-0.05, 0) is 39.5 Å². The van der Waals surface area contributed by atoms with Crippen LogP contribution in [0.1, 0.15) is 5.56 Å². The van der Waals surface area contributed by atoms with Crippen LogP contribution in [0, 0.1) is 0 Å². The highest BCUT2D eigenvalue weighted by atomic mass is 79.9. The minimum absolute atomic E-state index is 0.485. The summed E-state index contributed by atoms with van der Waals surface area (Å²) in [5, 5.41) is 3.45. The highest BCUT2D eigenvalue weighted by molar-refractivity contribution is 9.10. The summed E-state index contributed by atoms with van der Waals surface area (Å²) in [6, 6.07) is 1.90. The number of azide groups is 1. The second-order valence-electron chi connectivity index (χ2n) is 2.17. The van der Waals surface area contributed by atoms with Crippen molar-refractivity contribution < 1.29 is 0 Å². The lowest BCUT2D eigenvalue weighted by Crippen LogP contribution is -1.90. The van der Waals surface area contributed by atoms with E-state index in [1.165, 1.54) is 0 Å². The second kappa shape index (κ2) is 4.74. The molecule has 0 atom stereocenters. The standard InChI is InChI=1S/C7H7BrN4/c8-7-5-10-3-1-6(7)2-4-11-12-9/h1,3,5H,2,4H2. The monoisotopic (exact) mass is 226 g/mol. The summed E-state index contributed by atoms with van der Waals surface area (Å²) in [4.78, 5) is 6.60. The number of hydrogen-bond acceptors (Lipinski definition) is 2. The van der Waals surface area contributed by atoms with Gasteiger partial charge in [0.25, 0.3) is 0 Å². The molecule has 0 spiro atoms. The zero-order chi connectivity index (χ0) is 8.81. The van der Waals surface area contributed by atoms with Crippen LogP contribution in [0.4, 0.5) is 0 Å². The first-order chi connectivity index (χ1) is 5.84. The molecule has 62 valence electrons. The Hall–Kier alpha value is -1.06. The average molecular weight is 227 g/mol. The topological polar surface area (TPSA) is 61.7 Å². The number of aromatic nitrogens is 1. The highest BCUT2D eigenvalue weighted by Crippen LogP contribution is 2.14. The molecule has 4 nitrogen and oxygen atoms in total. The maximum Gasteiger partial charge on any atom is 0.0412 e. The minimum Gasteiger partial charge on any atom is -0.264 e. The summed E-state index contributed by atoms with van der Waals surface area (Å²) >= 11 is 3.35. The third kappa shape index (κ3) is 2.53. The van der Waals surface area contributed by atoms with Gasteiger partial charge in [0.1, 0.15) is 0 Å². The van der Waals surface area contributed by atoms with Crippen LogP contribution in [-0.4, -0.2) is 11.5 Å². The SMILES string of the molecule is [N-]=[N+]=NCCc1ccncc1Br. The van der Waals surface area contributed by atoms with Crippen LogP contribution in [0.15, 0.2) is 28.0 Å². The van der Waals surface area contributed by atoms with E-state index in [1.807, 2.05) is 6.07 Å². The molecule has 1 aromatic heterocycles. The van der Waals surface area contributed by atoms with E-state index in [4.69, 9.17) is 5.53 Å². The number of pyridine rings is 1. The molecule has 12 heavy (non-hydrogen) atoms. The van der Waals surface area contributed by atoms with Crippen molar-refractivity contribution in [2.75, 3.05) is 6.54 Å². The number of halogens is 1. The van der Waals surface area contributed by atoms with Crippen molar-refractivity contribution in [2.45, 2.75) is 6.42 Å². The Balaban J connectivity index is 2.62. The normalized spacial score (nSPS) is 9.08. The molecule has 0 bridgehead atoms. The molecule has 0 fully saturated rings. The van der Waals surface area contributed by atoms with E-state index >= 15 is 0 Å². The van der Waals surface area contributed by atoms with E-state index in [0.717, 1.165) is 16.5 Å². The Morgan fingerprint density at radius 1 is 1.67 bits per heavy atom. The van der Waals surface area contributed by atoms with Gasteiger partial charge in [-0.3, -0.25) is 4.98 Å². The van der Waals surface area contributed by atoms with Gasteiger partial charge < -0.3 is 0 Å². The Labute approximate surface area is 78.4 Å². The summed E-state index contributed by atoms with van der Waals surface area (Å²) in [5.41, 5.74) is 9.16. The van der Waals surface area contributed by atoms with Gasteiger partial charge in [-0.25, -0.2) is 0 Å².